The predicted molar refractivity (Wildman–Crippen MR) is 98.5 cm³/mol. The highest BCUT2D eigenvalue weighted by Gasteiger charge is 2.35. The molecule has 1 unspecified atom stereocenters. The van der Waals surface area contributed by atoms with E-state index in [0.717, 1.165) is 38.1 Å². The van der Waals surface area contributed by atoms with Gasteiger partial charge in [0.2, 0.25) is 5.89 Å². The molecular weight excluding hydrogens is 344 g/mol. The van der Waals surface area contributed by atoms with Gasteiger partial charge in [-0.25, -0.2) is 9.78 Å². The third-order valence-corrected chi connectivity index (χ3v) is 5.83. The summed E-state index contributed by atoms with van der Waals surface area (Å²) in [5.74, 6) is 2.50. The SMILES string of the molecule is CN1CCN(C(=O)Nc2cc3c(cn2)CCC3)CC1c1nc(C2CC2)no1. The lowest BCUT2D eigenvalue weighted by Gasteiger charge is -2.37. The fourth-order valence-electron chi connectivity index (χ4n) is 3.92. The van der Waals surface area contributed by atoms with Crippen LogP contribution in [0.2, 0.25) is 0 Å². The summed E-state index contributed by atoms with van der Waals surface area (Å²) in [5, 5.41) is 7.07. The van der Waals surface area contributed by atoms with Crippen molar-refractivity contribution in [3.63, 3.8) is 0 Å². The van der Waals surface area contributed by atoms with Gasteiger partial charge >= 0.3 is 6.03 Å². The Morgan fingerprint density at radius 1 is 1.26 bits per heavy atom. The van der Waals surface area contributed by atoms with E-state index in [1.807, 2.05) is 19.3 Å². The average molecular weight is 368 g/mol. The molecule has 1 atom stereocenters. The van der Waals surface area contributed by atoms with Crippen molar-refractivity contribution in [2.75, 3.05) is 32.0 Å². The van der Waals surface area contributed by atoms with E-state index in [1.165, 1.54) is 17.5 Å². The second-order valence-corrected chi connectivity index (χ2v) is 7.83. The maximum atomic E-state index is 12.8. The number of aryl methyl sites for hydroxylation is 2. The van der Waals surface area contributed by atoms with Crippen molar-refractivity contribution in [3.05, 3.63) is 35.1 Å². The van der Waals surface area contributed by atoms with Gasteiger partial charge in [0.25, 0.3) is 0 Å². The monoisotopic (exact) mass is 368 g/mol. The Balaban J connectivity index is 1.27. The van der Waals surface area contributed by atoms with Crippen LogP contribution in [-0.4, -0.2) is 57.6 Å². The average Bonchev–Trinajstić information content (AvgIpc) is 3.22. The molecule has 1 saturated heterocycles. The molecule has 1 saturated carbocycles. The second-order valence-electron chi connectivity index (χ2n) is 7.83. The Morgan fingerprint density at radius 2 is 2.11 bits per heavy atom. The maximum absolute atomic E-state index is 12.8. The van der Waals surface area contributed by atoms with Gasteiger partial charge in [0, 0.05) is 31.7 Å². The predicted octanol–water partition coefficient (Wildman–Crippen LogP) is 2.35. The Morgan fingerprint density at radius 3 is 2.96 bits per heavy atom. The van der Waals surface area contributed by atoms with Gasteiger partial charge in [0.15, 0.2) is 5.82 Å². The first-order valence-corrected chi connectivity index (χ1v) is 9.75. The Labute approximate surface area is 157 Å². The standard InChI is InChI=1S/C19H24N6O2/c1-24-7-8-25(11-15(24)18-22-17(23-27-18)12-5-6-12)19(26)21-16-9-13-3-2-4-14(13)10-20-16/h9-10,12,15H,2-8,11H2,1H3,(H,20,21,26). The van der Waals surface area contributed by atoms with E-state index in [1.54, 1.807) is 4.90 Å². The highest BCUT2D eigenvalue weighted by Crippen LogP contribution is 2.38. The molecule has 2 aliphatic carbocycles. The summed E-state index contributed by atoms with van der Waals surface area (Å²) in [6.45, 7) is 1.95. The number of hydrogen-bond donors (Lipinski definition) is 1. The molecule has 2 aromatic rings. The quantitative estimate of drug-likeness (QED) is 0.895. The van der Waals surface area contributed by atoms with Crippen LogP contribution >= 0.6 is 0 Å². The third kappa shape index (κ3) is 3.29. The fraction of sp³-hybridized carbons (Fsp3) is 0.579. The maximum Gasteiger partial charge on any atom is 0.323 e. The lowest BCUT2D eigenvalue weighted by Crippen LogP contribution is -2.50. The van der Waals surface area contributed by atoms with Crippen LogP contribution in [0.25, 0.3) is 0 Å². The number of nitrogens with one attached hydrogen (secondary N) is 1. The Kier molecular flexibility index (Phi) is 4.07. The fourth-order valence-corrected chi connectivity index (χ4v) is 3.92. The van der Waals surface area contributed by atoms with Crippen LogP contribution in [0, 0.1) is 0 Å². The molecule has 0 spiro atoms. The van der Waals surface area contributed by atoms with E-state index < -0.39 is 0 Å². The van der Waals surface area contributed by atoms with Crippen molar-refractivity contribution in [2.24, 2.45) is 0 Å². The molecule has 3 aliphatic rings. The number of pyridine rings is 1. The smallest absolute Gasteiger partial charge is 0.323 e. The molecule has 5 rings (SSSR count). The lowest BCUT2D eigenvalue weighted by atomic mass is 10.2. The number of hydrogen-bond acceptors (Lipinski definition) is 6. The Bertz CT molecular complexity index is 862. The lowest BCUT2D eigenvalue weighted by molar-refractivity contribution is 0.0960. The van der Waals surface area contributed by atoms with Crippen LogP contribution in [0.5, 0.6) is 0 Å². The molecule has 8 heteroatoms. The van der Waals surface area contributed by atoms with E-state index >= 15 is 0 Å². The van der Waals surface area contributed by atoms with Crippen LogP contribution in [0.1, 0.15) is 54.1 Å². The van der Waals surface area contributed by atoms with Gasteiger partial charge in [-0.3, -0.25) is 10.2 Å². The summed E-state index contributed by atoms with van der Waals surface area (Å²) in [4.78, 5) is 25.7. The zero-order valence-electron chi connectivity index (χ0n) is 15.5. The molecule has 8 nitrogen and oxygen atoms in total. The van der Waals surface area contributed by atoms with Gasteiger partial charge in [-0.05, 0) is 56.3 Å². The van der Waals surface area contributed by atoms with Crippen molar-refractivity contribution < 1.29 is 9.32 Å². The molecule has 0 aromatic carbocycles. The zero-order chi connectivity index (χ0) is 18.4. The molecule has 27 heavy (non-hydrogen) atoms. The number of carbonyl (C=O) groups excluding carboxylic acids is 1. The van der Waals surface area contributed by atoms with Gasteiger partial charge in [-0.1, -0.05) is 5.16 Å². The molecule has 142 valence electrons. The number of aromatic nitrogens is 3. The summed E-state index contributed by atoms with van der Waals surface area (Å²) in [5.41, 5.74) is 2.60. The minimum atomic E-state index is -0.125. The van der Waals surface area contributed by atoms with Crippen molar-refractivity contribution in [3.8, 4) is 0 Å². The minimum Gasteiger partial charge on any atom is -0.338 e. The summed E-state index contributed by atoms with van der Waals surface area (Å²) in [7, 11) is 2.03. The first-order chi connectivity index (χ1) is 13.2. The van der Waals surface area contributed by atoms with Crippen LogP contribution in [-0.2, 0) is 12.8 Å². The summed E-state index contributed by atoms with van der Waals surface area (Å²) in [6, 6.07) is 1.81. The molecule has 3 heterocycles. The van der Waals surface area contributed by atoms with Crippen LogP contribution < -0.4 is 5.32 Å². The van der Waals surface area contributed by atoms with Crippen LogP contribution in [0.15, 0.2) is 16.8 Å². The number of nitrogens with zero attached hydrogens (tertiary/aromatic N) is 5. The van der Waals surface area contributed by atoms with Crippen molar-refractivity contribution >= 4 is 11.8 Å². The van der Waals surface area contributed by atoms with Crippen LogP contribution in [0.3, 0.4) is 0 Å². The third-order valence-electron chi connectivity index (χ3n) is 5.83. The number of urea groups is 1. The number of amides is 2. The van der Waals surface area contributed by atoms with E-state index in [0.29, 0.717) is 30.7 Å². The summed E-state index contributed by atoms with van der Waals surface area (Å²) >= 11 is 0. The van der Waals surface area contributed by atoms with Gasteiger partial charge in [0.1, 0.15) is 11.9 Å². The van der Waals surface area contributed by atoms with E-state index in [2.05, 4.69) is 25.3 Å². The van der Waals surface area contributed by atoms with E-state index in [-0.39, 0.29) is 12.1 Å². The normalized spacial score (nSPS) is 22.7. The van der Waals surface area contributed by atoms with Crippen molar-refractivity contribution in [2.45, 2.75) is 44.1 Å². The molecule has 1 N–H and O–H groups in total. The molecule has 0 bridgehead atoms. The molecule has 2 amide bonds. The number of anilines is 1. The molecular formula is C19H24N6O2. The first kappa shape index (κ1) is 16.7. The van der Waals surface area contributed by atoms with E-state index in [9.17, 15) is 4.79 Å². The van der Waals surface area contributed by atoms with Gasteiger partial charge < -0.3 is 9.42 Å². The molecule has 0 radical (unpaired) electrons. The van der Waals surface area contributed by atoms with Gasteiger partial charge in [0.05, 0.1) is 0 Å². The molecule has 2 aromatic heterocycles. The number of fused-ring (bicyclic) bond motifs is 1. The molecule has 1 aliphatic heterocycles. The van der Waals surface area contributed by atoms with Crippen molar-refractivity contribution in [1.82, 2.24) is 24.9 Å². The number of likely N-dealkylation sites (N-methyl/N-ethyl adjacent to an activating group) is 1. The van der Waals surface area contributed by atoms with Crippen LogP contribution in [0.4, 0.5) is 10.6 Å². The molecule has 2 fully saturated rings. The van der Waals surface area contributed by atoms with Gasteiger partial charge in [-0.2, -0.15) is 4.98 Å². The van der Waals surface area contributed by atoms with Crippen molar-refractivity contribution in [1.29, 1.82) is 0 Å². The van der Waals surface area contributed by atoms with E-state index in [4.69, 9.17) is 4.52 Å². The minimum absolute atomic E-state index is 0.0718. The summed E-state index contributed by atoms with van der Waals surface area (Å²) in [6.07, 6.45) is 7.50. The largest absolute Gasteiger partial charge is 0.338 e. The zero-order valence-corrected chi connectivity index (χ0v) is 15.5. The summed E-state index contributed by atoms with van der Waals surface area (Å²) < 4.78 is 5.50. The van der Waals surface area contributed by atoms with Gasteiger partial charge in [-0.15, -0.1) is 0 Å². The second kappa shape index (κ2) is 6.60. The Hall–Kier alpha value is -2.48. The number of rotatable bonds is 3. The number of carbonyl (C=O) groups is 1. The number of piperazine rings is 1. The highest BCUT2D eigenvalue weighted by molar-refractivity contribution is 5.88. The topological polar surface area (TPSA) is 87.4 Å². The highest BCUT2D eigenvalue weighted by atomic mass is 16.5. The first-order valence-electron chi connectivity index (χ1n) is 9.75.